The maximum atomic E-state index is 13.1. The molecule has 0 saturated carbocycles. The highest BCUT2D eigenvalue weighted by Crippen LogP contribution is 2.30. The SMILES string of the molecule is C/N=C/c1ccc(CN2C[C@H](C)n3nc(-c4ccc(Cl)cc4C#N)cc3C2=O)cc1. The quantitative estimate of drug-likeness (QED) is 0.592. The van der Waals surface area contributed by atoms with Gasteiger partial charge in [-0.05, 0) is 42.3 Å². The first kappa shape index (κ1) is 19.9. The van der Waals surface area contributed by atoms with E-state index in [1.165, 1.54) is 0 Å². The molecule has 7 heteroatoms. The first-order valence-electron chi connectivity index (χ1n) is 9.60. The number of aromatic nitrogens is 2. The largest absolute Gasteiger partial charge is 0.331 e. The van der Waals surface area contributed by atoms with E-state index in [0.29, 0.717) is 40.6 Å². The lowest BCUT2D eigenvalue weighted by Gasteiger charge is -2.31. The third-order valence-electron chi connectivity index (χ3n) is 5.15. The lowest BCUT2D eigenvalue weighted by molar-refractivity contribution is 0.0651. The number of hydrogen-bond acceptors (Lipinski definition) is 4. The molecular formula is C23H20ClN5O. The van der Waals surface area contributed by atoms with Crippen molar-refractivity contribution in [2.45, 2.75) is 19.5 Å². The molecule has 3 aromatic rings. The summed E-state index contributed by atoms with van der Waals surface area (Å²) < 4.78 is 1.75. The highest BCUT2D eigenvalue weighted by molar-refractivity contribution is 6.30. The molecule has 2 aromatic carbocycles. The van der Waals surface area contributed by atoms with Crippen molar-refractivity contribution in [1.29, 1.82) is 5.26 Å². The van der Waals surface area contributed by atoms with Gasteiger partial charge in [-0.3, -0.25) is 14.5 Å². The minimum Gasteiger partial charge on any atom is -0.331 e. The second kappa shape index (κ2) is 8.13. The number of benzene rings is 2. The van der Waals surface area contributed by atoms with Gasteiger partial charge in [0.2, 0.25) is 0 Å². The average molecular weight is 418 g/mol. The van der Waals surface area contributed by atoms with Crippen molar-refractivity contribution in [3.8, 4) is 17.3 Å². The molecule has 1 atom stereocenters. The molecule has 0 saturated heterocycles. The monoisotopic (exact) mass is 417 g/mol. The fraction of sp³-hybridized carbons (Fsp3) is 0.217. The maximum Gasteiger partial charge on any atom is 0.272 e. The number of carbonyl (C=O) groups is 1. The van der Waals surface area contributed by atoms with Crippen LogP contribution in [-0.2, 0) is 6.54 Å². The number of aliphatic imine (C=N–C) groups is 1. The van der Waals surface area contributed by atoms with Gasteiger partial charge < -0.3 is 4.90 Å². The number of halogens is 1. The molecule has 0 aliphatic carbocycles. The molecule has 0 unspecified atom stereocenters. The first-order valence-corrected chi connectivity index (χ1v) is 9.98. The Morgan fingerprint density at radius 1 is 1.27 bits per heavy atom. The van der Waals surface area contributed by atoms with Crippen LogP contribution in [0.5, 0.6) is 0 Å². The summed E-state index contributed by atoms with van der Waals surface area (Å²) in [7, 11) is 1.74. The van der Waals surface area contributed by atoms with Gasteiger partial charge in [0.05, 0.1) is 23.4 Å². The van der Waals surface area contributed by atoms with Gasteiger partial charge in [-0.25, -0.2) is 0 Å². The van der Waals surface area contributed by atoms with Crippen molar-refractivity contribution < 1.29 is 4.79 Å². The van der Waals surface area contributed by atoms with Gasteiger partial charge >= 0.3 is 0 Å². The van der Waals surface area contributed by atoms with Crippen molar-refractivity contribution in [3.05, 3.63) is 75.9 Å². The normalized spacial score (nSPS) is 16.0. The number of rotatable bonds is 4. The van der Waals surface area contributed by atoms with Crippen LogP contribution in [0.1, 0.15) is 40.1 Å². The molecule has 1 amide bonds. The van der Waals surface area contributed by atoms with Gasteiger partial charge in [-0.15, -0.1) is 0 Å². The van der Waals surface area contributed by atoms with Crippen molar-refractivity contribution in [2.24, 2.45) is 4.99 Å². The molecule has 0 N–H and O–H groups in total. The zero-order valence-corrected chi connectivity index (χ0v) is 17.5. The molecule has 1 aromatic heterocycles. The molecule has 0 spiro atoms. The van der Waals surface area contributed by atoms with E-state index < -0.39 is 0 Å². The third kappa shape index (κ3) is 3.72. The molecular weight excluding hydrogens is 398 g/mol. The summed E-state index contributed by atoms with van der Waals surface area (Å²) in [6.45, 7) is 3.13. The Kier molecular flexibility index (Phi) is 5.39. The van der Waals surface area contributed by atoms with E-state index >= 15 is 0 Å². The van der Waals surface area contributed by atoms with Crippen LogP contribution < -0.4 is 0 Å². The Labute approximate surface area is 180 Å². The van der Waals surface area contributed by atoms with Crippen molar-refractivity contribution in [1.82, 2.24) is 14.7 Å². The van der Waals surface area contributed by atoms with Gasteiger partial charge in [-0.2, -0.15) is 10.4 Å². The summed E-state index contributed by atoms with van der Waals surface area (Å²) in [4.78, 5) is 19.0. The van der Waals surface area contributed by atoms with Crippen LogP contribution in [0.4, 0.5) is 0 Å². The molecule has 150 valence electrons. The van der Waals surface area contributed by atoms with Crippen molar-refractivity contribution in [3.63, 3.8) is 0 Å². The summed E-state index contributed by atoms with van der Waals surface area (Å²) in [5.41, 5.74) is 4.31. The second-order valence-corrected chi connectivity index (χ2v) is 7.76. The number of fused-ring (bicyclic) bond motifs is 1. The summed E-state index contributed by atoms with van der Waals surface area (Å²) in [5, 5.41) is 14.6. The molecule has 0 bridgehead atoms. The smallest absolute Gasteiger partial charge is 0.272 e. The number of carbonyl (C=O) groups excluding carboxylic acids is 1. The van der Waals surface area contributed by atoms with E-state index in [1.807, 2.05) is 36.1 Å². The van der Waals surface area contributed by atoms with Crippen LogP contribution >= 0.6 is 11.6 Å². The molecule has 30 heavy (non-hydrogen) atoms. The van der Waals surface area contributed by atoms with Gasteiger partial charge in [0.25, 0.3) is 5.91 Å². The van der Waals surface area contributed by atoms with Crippen LogP contribution in [0.25, 0.3) is 11.3 Å². The highest BCUT2D eigenvalue weighted by Gasteiger charge is 2.31. The molecule has 0 radical (unpaired) electrons. The number of nitrogens with zero attached hydrogens (tertiary/aromatic N) is 5. The van der Waals surface area contributed by atoms with Gasteiger partial charge in [0.15, 0.2) is 0 Å². The Balaban J connectivity index is 1.62. The maximum absolute atomic E-state index is 13.1. The fourth-order valence-corrected chi connectivity index (χ4v) is 3.88. The van der Waals surface area contributed by atoms with Crippen LogP contribution in [-0.4, -0.2) is 40.4 Å². The van der Waals surface area contributed by atoms with Crippen LogP contribution in [0.3, 0.4) is 0 Å². The van der Waals surface area contributed by atoms with Crippen molar-refractivity contribution in [2.75, 3.05) is 13.6 Å². The molecule has 4 rings (SSSR count). The van der Waals surface area contributed by atoms with Crippen molar-refractivity contribution >= 4 is 23.7 Å². The Hall–Kier alpha value is -3.43. The van der Waals surface area contributed by atoms with E-state index in [4.69, 9.17) is 11.6 Å². The van der Waals surface area contributed by atoms with E-state index in [0.717, 1.165) is 11.1 Å². The van der Waals surface area contributed by atoms with Crippen LogP contribution in [0, 0.1) is 11.3 Å². The van der Waals surface area contributed by atoms with E-state index in [2.05, 4.69) is 16.2 Å². The predicted molar refractivity (Wildman–Crippen MR) is 117 cm³/mol. The summed E-state index contributed by atoms with van der Waals surface area (Å²) in [6, 6.07) is 17.1. The summed E-state index contributed by atoms with van der Waals surface area (Å²) in [6.07, 6.45) is 1.80. The standard InChI is InChI=1S/C23H20ClN5O/c1-15-13-28(14-17-5-3-16(4-6-17)12-26-2)23(30)22-10-21(27-29(15)22)20-8-7-19(24)9-18(20)11-25/h3-10,12,15H,13-14H2,1-2H3/b26-12+/t15-/m0/s1. The average Bonchev–Trinajstić information content (AvgIpc) is 3.19. The molecule has 0 fully saturated rings. The molecule has 6 nitrogen and oxygen atoms in total. The molecule has 2 heterocycles. The number of nitriles is 1. The topological polar surface area (TPSA) is 74.3 Å². The molecule has 1 aliphatic heterocycles. The zero-order valence-electron chi connectivity index (χ0n) is 16.7. The van der Waals surface area contributed by atoms with Gasteiger partial charge in [0.1, 0.15) is 5.69 Å². The van der Waals surface area contributed by atoms with E-state index in [1.54, 1.807) is 42.2 Å². The Bertz CT molecular complexity index is 1170. The van der Waals surface area contributed by atoms with Gasteiger partial charge in [-0.1, -0.05) is 35.9 Å². The fourth-order valence-electron chi connectivity index (χ4n) is 3.71. The minimum absolute atomic E-state index is 0.0239. The van der Waals surface area contributed by atoms with E-state index in [9.17, 15) is 10.1 Å². The first-order chi connectivity index (χ1) is 14.5. The second-order valence-electron chi connectivity index (χ2n) is 7.32. The molecule has 1 aliphatic rings. The Morgan fingerprint density at radius 2 is 2.03 bits per heavy atom. The third-order valence-corrected chi connectivity index (χ3v) is 5.39. The summed E-state index contributed by atoms with van der Waals surface area (Å²) in [5.74, 6) is -0.0708. The van der Waals surface area contributed by atoms with Gasteiger partial charge in [0, 0.05) is 36.9 Å². The Morgan fingerprint density at radius 3 is 2.73 bits per heavy atom. The number of hydrogen-bond donors (Lipinski definition) is 0. The van der Waals surface area contributed by atoms with E-state index in [-0.39, 0.29) is 11.9 Å². The summed E-state index contributed by atoms with van der Waals surface area (Å²) >= 11 is 6.01. The lowest BCUT2D eigenvalue weighted by Crippen LogP contribution is -2.41. The highest BCUT2D eigenvalue weighted by atomic mass is 35.5. The minimum atomic E-state index is -0.0708. The zero-order chi connectivity index (χ0) is 21.3. The lowest BCUT2D eigenvalue weighted by atomic mass is 10.0. The van der Waals surface area contributed by atoms with Crippen LogP contribution in [0.15, 0.2) is 53.5 Å². The number of amides is 1. The predicted octanol–water partition coefficient (Wildman–Crippen LogP) is 4.34. The van der Waals surface area contributed by atoms with Crippen LogP contribution in [0.2, 0.25) is 5.02 Å².